The standard InChI is InChI=1S/C55H38N4/c56-52-30-26-43(35-53(52)59-58-47-27-23-39(24-28-47)46-16-4-2-1-3-11-31-57-36-46)42-25-29-50-51(34-42)55(45-22-20-38-13-6-8-15-41(38)33-45)49-18-10-9-17-48(49)54(50)44-21-19-37-12-5-7-14-40(37)32-44/h1-36,56,58H/b2-1?,3-1?,4-2?,11-3?,16-4?,31-11?,46-16?,46-36?,56-52?,57-31?,57-36?,59-53-. The Kier molecular flexibility index (Phi) is 9.34. The molecule has 2 N–H and O–H groups in total. The largest absolute Gasteiger partial charge is 0.299 e. The first-order valence-electron chi connectivity index (χ1n) is 19.8. The number of allylic oxidation sites excluding steroid dienone is 4. The summed E-state index contributed by atoms with van der Waals surface area (Å²) in [5, 5.41) is 23.2. The van der Waals surface area contributed by atoms with Crippen molar-refractivity contribution >= 4 is 65.8 Å². The van der Waals surface area contributed by atoms with E-state index in [1.165, 1.54) is 65.3 Å². The SMILES string of the molecule is N=C1C=CC(c2ccc3c(-c4ccc5ccccc5c4)c4ccccc4c(-c4ccc5ccccc5c4)c3c2)=C/C1=N/Nc1ccc(-c2cccccccnc2)cc1. The van der Waals surface area contributed by atoms with Crippen LogP contribution in [0.1, 0.15) is 5.56 Å². The molecule has 1 aliphatic rings. The Morgan fingerprint density at radius 1 is 0.424 bits per heavy atom. The highest BCUT2D eigenvalue weighted by atomic mass is 15.3. The molecule has 1 aromatic heterocycles. The van der Waals surface area contributed by atoms with Gasteiger partial charge in [0.2, 0.25) is 0 Å². The molecule has 0 radical (unpaired) electrons. The second kappa shape index (κ2) is 15.5. The van der Waals surface area contributed by atoms with E-state index in [9.17, 15) is 0 Å². The lowest BCUT2D eigenvalue weighted by molar-refractivity contribution is 1.33. The van der Waals surface area contributed by atoms with Gasteiger partial charge < -0.3 is 0 Å². The van der Waals surface area contributed by atoms with E-state index in [4.69, 9.17) is 10.5 Å². The third-order valence-corrected chi connectivity index (χ3v) is 11.1. The lowest BCUT2D eigenvalue weighted by atomic mass is 9.84. The lowest BCUT2D eigenvalue weighted by Gasteiger charge is -2.20. The molecule has 9 aromatic rings. The number of hydrazone groups is 1. The minimum absolute atomic E-state index is 0.344. The lowest BCUT2D eigenvalue weighted by Crippen LogP contribution is -2.13. The van der Waals surface area contributed by atoms with Crippen LogP contribution in [0.15, 0.2) is 224 Å². The van der Waals surface area contributed by atoms with Crippen LogP contribution in [0.3, 0.4) is 0 Å². The number of anilines is 1. The van der Waals surface area contributed by atoms with Crippen LogP contribution in [-0.4, -0.2) is 16.4 Å². The summed E-state index contributed by atoms with van der Waals surface area (Å²) in [6.45, 7) is 0. The zero-order valence-corrected chi connectivity index (χ0v) is 32.2. The van der Waals surface area contributed by atoms with E-state index in [0.717, 1.165) is 28.0 Å². The number of rotatable bonds is 6. The van der Waals surface area contributed by atoms with E-state index in [1.807, 2.05) is 85.1 Å². The summed E-state index contributed by atoms with van der Waals surface area (Å²) in [5.41, 5.74) is 13.8. The highest BCUT2D eigenvalue weighted by Crippen LogP contribution is 2.45. The molecule has 1 heterocycles. The van der Waals surface area contributed by atoms with Crippen LogP contribution in [0.25, 0.3) is 82.0 Å². The van der Waals surface area contributed by atoms with Gasteiger partial charge in [-0.25, -0.2) is 0 Å². The first-order valence-corrected chi connectivity index (χ1v) is 19.8. The Morgan fingerprint density at radius 2 is 0.983 bits per heavy atom. The van der Waals surface area contributed by atoms with Crippen molar-refractivity contribution in [1.82, 2.24) is 4.98 Å². The fourth-order valence-corrected chi connectivity index (χ4v) is 8.12. The van der Waals surface area contributed by atoms with Gasteiger partial charge in [0, 0.05) is 12.4 Å². The number of benzene rings is 8. The molecule has 0 fully saturated rings. The molecule has 10 rings (SSSR count). The number of hydrogen-bond donors (Lipinski definition) is 2. The van der Waals surface area contributed by atoms with E-state index < -0.39 is 0 Å². The topological polar surface area (TPSA) is 61.1 Å². The van der Waals surface area contributed by atoms with Crippen molar-refractivity contribution < 1.29 is 0 Å². The molecule has 4 nitrogen and oxygen atoms in total. The third-order valence-electron chi connectivity index (χ3n) is 11.1. The third kappa shape index (κ3) is 7.05. The average molecular weight is 755 g/mol. The van der Waals surface area contributed by atoms with E-state index in [0.29, 0.717) is 11.4 Å². The first kappa shape index (κ1) is 35.5. The van der Waals surface area contributed by atoms with Crippen LogP contribution in [-0.2, 0) is 0 Å². The van der Waals surface area contributed by atoms with Crippen molar-refractivity contribution in [3.8, 4) is 33.4 Å². The molecule has 0 aliphatic heterocycles. The molecule has 59 heavy (non-hydrogen) atoms. The van der Waals surface area contributed by atoms with Crippen molar-refractivity contribution in [2.75, 3.05) is 5.43 Å². The summed E-state index contributed by atoms with van der Waals surface area (Å²) in [4.78, 5) is 4.41. The smallest absolute Gasteiger partial charge is 0.109 e. The minimum Gasteiger partial charge on any atom is -0.299 e. The number of fused-ring (bicyclic) bond motifs is 4. The van der Waals surface area contributed by atoms with Gasteiger partial charge in [-0.05, 0) is 136 Å². The Bertz CT molecular complexity index is 3240. The van der Waals surface area contributed by atoms with Crippen LogP contribution in [0.2, 0.25) is 0 Å². The van der Waals surface area contributed by atoms with Gasteiger partial charge in [-0.2, -0.15) is 5.10 Å². The van der Waals surface area contributed by atoms with Gasteiger partial charge >= 0.3 is 0 Å². The molecule has 0 saturated carbocycles. The molecule has 0 atom stereocenters. The summed E-state index contributed by atoms with van der Waals surface area (Å²) in [6.07, 6.45) is 9.48. The van der Waals surface area contributed by atoms with Crippen LogP contribution in [0.5, 0.6) is 0 Å². The monoisotopic (exact) mass is 754 g/mol. The predicted octanol–water partition coefficient (Wildman–Crippen LogP) is 14.3. The zero-order chi connectivity index (χ0) is 39.5. The second-order valence-electron chi connectivity index (χ2n) is 14.7. The van der Waals surface area contributed by atoms with Crippen molar-refractivity contribution in [2.24, 2.45) is 5.10 Å². The fourth-order valence-electron chi connectivity index (χ4n) is 8.12. The Labute approximate surface area is 343 Å². The predicted molar refractivity (Wildman–Crippen MR) is 251 cm³/mol. The van der Waals surface area contributed by atoms with Crippen molar-refractivity contribution in [3.63, 3.8) is 0 Å². The van der Waals surface area contributed by atoms with Crippen molar-refractivity contribution in [1.29, 1.82) is 5.41 Å². The summed E-state index contributed by atoms with van der Waals surface area (Å²) in [5.74, 6) is 0. The van der Waals surface area contributed by atoms with Gasteiger partial charge in [0.15, 0.2) is 0 Å². The van der Waals surface area contributed by atoms with Gasteiger partial charge in [0.05, 0.1) is 11.4 Å². The van der Waals surface area contributed by atoms with Crippen LogP contribution in [0.4, 0.5) is 5.69 Å². The summed E-state index contributed by atoms with van der Waals surface area (Å²) >= 11 is 0. The maximum absolute atomic E-state index is 8.78. The highest BCUT2D eigenvalue weighted by Gasteiger charge is 2.19. The van der Waals surface area contributed by atoms with Gasteiger partial charge in [0.25, 0.3) is 0 Å². The minimum atomic E-state index is 0.344. The van der Waals surface area contributed by atoms with Gasteiger partial charge in [0.1, 0.15) is 5.71 Å². The average Bonchev–Trinajstić information content (AvgIpc) is 3.29. The van der Waals surface area contributed by atoms with Gasteiger partial charge in [-0.3, -0.25) is 15.8 Å². The van der Waals surface area contributed by atoms with E-state index >= 15 is 0 Å². The molecule has 0 unspecified atom stereocenters. The molecular weight excluding hydrogens is 717 g/mol. The zero-order valence-electron chi connectivity index (χ0n) is 32.2. The molecular formula is C55H38N4. The second-order valence-corrected chi connectivity index (χ2v) is 14.7. The molecule has 278 valence electrons. The molecule has 8 aromatic carbocycles. The van der Waals surface area contributed by atoms with E-state index in [2.05, 4.69) is 138 Å². The Balaban J connectivity index is 1.08. The molecule has 1 aliphatic carbocycles. The summed E-state index contributed by atoms with van der Waals surface area (Å²) < 4.78 is 0. The quantitative estimate of drug-likeness (QED) is 0.101. The summed E-state index contributed by atoms with van der Waals surface area (Å²) in [7, 11) is 0. The van der Waals surface area contributed by atoms with Crippen molar-refractivity contribution in [3.05, 3.63) is 224 Å². The van der Waals surface area contributed by atoms with E-state index in [1.54, 1.807) is 6.20 Å². The van der Waals surface area contributed by atoms with Crippen LogP contribution in [0, 0.1) is 5.41 Å². The molecule has 0 bridgehead atoms. The van der Waals surface area contributed by atoms with Gasteiger partial charge in [-0.15, -0.1) is 0 Å². The molecule has 0 amide bonds. The van der Waals surface area contributed by atoms with Gasteiger partial charge in [-0.1, -0.05) is 158 Å². The molecule has 4 heteroatoms. The Hall–Kier alpha value is -7.95. The molecule has 0 spiro atoms. The number of hydrogen-bond acceptors (Lipinski definition) is 4. The summed E-state index contributed by atoms with van der Waals surface area (Å²) in [6, 6.07) is 66.3. The fraction of sp³-hybridized carbons (Fsp3) is 0. The highest BCUT2D eigenvalue weighted by molar-refractivity contribution is 6.51. The van der Waals surface area contributed by atoms with Crippen LogP contribution < -0.4 is 5.43 Å². The van der Waals surface area contributed by atoms with Crippen LogP contribution >= 0.6 is 0 Å². The Morgan fingerprint density at radius 3 is 1.69 bits per heavy atom. The maximum atomic E-state index is 8.78. The number of nitrogens with zero attached hydrogens (tertiary/aromatic N) is 2. The first-order chi connectivity index (χ1) is 29.2. The maximum Gasteiger partial charge on any atom is 0.109 e. The van der Waals surface area contributed by atoms with Crippen molar-refractivity contribution in [2.45, 2.75) is 0 Å². The number of nitrogens with one attached hydrogen (secondary N) is 2. The normalized spacial score (nSPS) is 13.2. The van der Waals surface area contributed by atoms with E-state index in [-0.39, 0.29) is 0 Å². The number of aromatic nitrogens is 1. The molecule has 0 saturated heterocycles.